The topological polar surface area (TPSA) is 99.4 Å². The highest BCUT2D eigenvalue weighted by atomic mass is 19.4. The third kappa shape index (κ3) is 4.83. The van der Waals surface area contributed by atoms with Crippen LogP contribution in [0.15, 0.2) is 18.2 Å². The quantitative estimate of drug-likeness (QED) is 0.760. The van der Waals surface area contributed by atoms with Gasteiger partial charge in [0.1, 0.15) is 11.6 Å². The van der Waals surface area contributed by atoms with Gasteiger partial charge in [-0.15, -0.1) is 0 Å². The van der Waals surface area contributed by atoms with Gasteiger partial charge in [0.2, 0.25) is 5.91 Å². The number of hydrogen-bond donors (Lipinski definition) is 2. The number of rotatable bonds is 6. The van der Waals surface area contributed by atoms with Crippen LogP contribution in [-0.4, -0.2) is 29.1 Å². The van der Waals surface area contributed by atoms with Gasteiger partial charge in [-0.3, -0.25) is 4.79 Å². The zero-order chi connectivity index (χ0) is 21.2. The zero-order valence-electron chi connectivity index (χ0n) is 16.0. The van der Waals surface area contributed by atoms with E-state index in [1.54, 1.807) is 13.0 Å². The van der Waals surface area contributed by atoms with Gasteiger partial charge in [0, 0.05) is 6.54 Å². The van der Waals surface area contributed by atoms with Crippen LogP contribution in [0.3, 0.4) is 0 Å². The zero-order valence-corrected chi connectivity index (χ0v) is 16.0. The third-order valence-electron chi connectivity index (χ3n) is 4.53. The molecule has 0 spiro atoms. The Balaban J connectivity index is 1.95. The van der Waals surface area contributed by atoms with E-state index in [2.05, 4.69) is 15.3 Å². The van der Waals surface area contributed by atoms with E-state index in [0.717, 1.165) is 6.07 Å². The van der Waals surface area contributed by atoms with Crippen molar-refractivity contribution in [1.29, 1.82) is 0 Å². The lowest BCUT2D eigenvalue weighted by atomic mass is 10.0. The van der Waals surface area contributed by atoms with Crippen molar-refractivity contribution in [2.75, 3.05) is 18.5 Å². The minimum atomic E-state index is -4.43. The summed E-state index contributed by atoms with van der Waals surface area (Å²) in [6, 6.07) is 4.02. The molecule has 156 valence electrons. The number of halogens is 3. The highest BCUT2D eigenvalue weighted by molar-refractivity contribution is 5.77. The maximum Gasteiger partial charge on any atom is 0.416 e. The molecule has 7 nitrogen and oxygen atoms in total. The van der Waals surface area contributed by atoms with Crippen LogP contribution in [0, 0.1) is 13.8 Å². The Kier molecular flexibility index (Phi) is 6.04. The van der Waals surface area contributed by atoms with Crippen molar-refractivity contribution in [2.45, 2.75) is 39.3 Å². The number of primary amides is 1. The predicted octanol–water partition coefficient (Wildman–Crippen LogP) is 2.80. The van der Waals surface area contributed by atoms with E-state index in [1.807, 2.05) is 0 Å². The summed E-state index contributed by atoms with van der Waals surface area (Å²) in [6.45, 7) is 3.88. The van der Waals surface area contributed by atoms with Crippen molar-refractivity contribution in [3.8, 4) is 0 Å². The fraction of sp³-hybridized carbons (Fsp3) is 0.421. The molecule has 0 saturated carbocycles. The summed E-state index contributed by atoms with van der Waals surface area (Å²) < 4.78 is 50.6. The number of aryl methyl sites for hydroxylation is 1. The number of hydrogen-bond acceptors (Lipinski definition) is 6. The van der Waals surface area contributed by atoms with Crippen LogP contribution in [0.25, 0.3) is 0 Å². The Morgan fingerprint density at radius 2 is 1.93 bits per heavy atom. The van der Waals surface area contributed by atoms with Crippen LogP contribution in [-0.2, 0) is 33.4 Å². The standard InChI is InChI=1S/C19H21F3N4O3/c1-10-12(4-3-5-13(10)19(20,21)22)9-24-17-16(18-28-6-7-29-18)14(8-15(23)27)25-11(2)26-17/h3-5,18H,6-9H2,1-2H3,(H2,23,27)(H,24,25,26). The first-order valence-electron chi connectivity index (χ1n) is 8.95. The fourth-order valence-corrected chi connectivity index (χ4v) is 3.21. The minimum absolute atomic E-state index is 0.0853. The number of amides is 1. The monoisotopic (exact) mass is 410 g/mol. The smallest absolute Gasteiger partial charge is 0.369 e. The van der Waals surface area contributed by atoms with E-state index in [-0.39, 0.29) is 18.5 Å². The molecule has 0 bridgehead atoms. The van der Waals surface area contributed by atoms with Crippen LogP contribution >= 0.6 is 0 Å². The van der Waals surface area contributed by atoms with E-state index in [1.165, 1.54) is 13.0 Å². The molecule has 1 aromatic carbocycles. The van der Waals surface area contributed by atoms with Crippen molar-refractivity contribution in [3.05, 3.63) is 52.0 Å². The number of nitrogens with two attached hydrogens (primary N) is 1. The molecule has 1 aliphatic heterocycles. The lowest BCUT2D eigenvalue weighted by molar-refractivity contribution is -0.138. The molecule has 2 aromatic rings. The number of benzene rings is 1. The molecule has 29 heavy (non-hydrogen) atoms. The largest absolute Gasteiger partial charge is 0.416 e. The second-order valence-corrected chi connectivity index (χ2v) is 6.64. The molecule has 1 saturated heterocycles. The van der Waals surface area contributed by atoms with Gasteiger partial charge in [0.05, 0.1) is 36.5 Å². The van der Waals surface area contributed by atoms with Gasteiger partial charge in [-0.05, 0) is 31.0 Å². The van der Waals surface area contributed by atoms with Crippen LogP contribution < -0.4 is 11.1 Å². The van der Waals surface area contributed by atoms with Gasteiger partial charge < -0.3 is 20.5 Å². The average Bonchev–Trinajstić information content (AvgIpc) is 3.13. The normalized spacial score (nSPS) is 14.9. The van der Waals surface area contributed by atoms with Crippen molar-refractivity contribution in [2.24, 2.45) is 5.73 Å². The van der Waals surface area contributed by atoms with Gasteiger partial charge in [0.25, 0.3) is 0 Å². The van der Waals surface area contributed by atoms with Crippen LogP contribution in [0.4, 0.5) is 19.0 Å². The number of anilines is 1. The minimum Gasteiger partial charge on any atom is -0.369 e. The molecule has 1 fully saturated rings. The van der Waals surface area contributed by atoms with Gasteiger partial charge in [-0.1, -0.05) is 12.1 Å². The van der Waals surface area contributed by atoms with Crippen LogP contribution in [0.1, 0.15) is 40.1 Å². The molecule has 0 radical (unpaired) electrons. The highest BCUT2D eigenvalue weighted by Crippen LogP contribution is 2.34. The number of nitrogens with one attached hydrogen (secondary N) is 1. The number of carbonyl (C=O) groups is 1. The van der Waals surface area contributed by atoms with Gasteiger partial charge in [0.15, 0.2) is 6.29 Å². The second-order valence-electron chi connectivity index (χ2n) is 6.64. The summed E-state index contributed by atoms with van der Waals surface area (Å²) in [5.41, 5.74) is 6.02. The first-order chi connectivity index (χ1) is 13.7. The maximum absolute atomic E-state index is 13.2. The molecule has 3 rings (SSSR count). The van der Waals surface area contributed by atoms with E-state index in [9.17, 15) is 18.0 Å². The van der Waals surface area contributed by atoms with E-state index in [0.29, 0.717) is 41.7 Å². The predicted molar refractivity (Wildman–Crippen MR) is 97.8 cm³/mol. The Morgan fingerprint density at radius 1 is 1.24 bits per heavy atom. The number of ether oxygens (including phenoxy) is 2. The van der Waals surface area contributed by atoms with Crippen molar-refractivity contribution in [1.82, 2.24) is 9.97 Å². The molecular formula is C19H21F3N4O3. The molecule has 1 aromatic heterocycles. The second kappa shape index (κ2) is 8.34. The number of aromatic nitrogens is 2. The SMILES string of the molecule is Cc1nc(CC(N)=O)c(C2OCCO2)c(NCc2cccc(C(F)(F)F)c2C)n1. The summed E-state index contributed by atoms with van der Waals surface area (Å²) in [5.74, 6) is 0.130. The summed E-state index contributed by atoms with van der Waals surface area (Å²) in [6.07, 6.45) is -5.36. The molecule has 1 aliphatic rings. The lowest BCUT2D eigenvalue weighted by Crippen LogP contribution is -2.20. The molecule has 1 amide bonds. The number of carbonyl (C=O) groups excluding carboxylic acids is 1. The summed E-state index contributed by atoms with van der Waals surface area (Å²) >= 11 is 0. The Morgan fingerprint density at radius 3 is 2.55 bits per heavy atom. The first kappa shape index (κ1) is 21.0. The van der Waals surface area contributed by atoms with Crippen molar-refractivity contribution >= 4 is 11.7 Å². The Bertz CT molecular complexity index is 912. The van der Waals surface area contributed by atoms with Crippen LogP contribution in [0.2, 0.25) is 0 Å². The molecule has 0 atom stereocenters. The van der Waals surface area contributed by atoms with Gasteiger partial charge in [-0.25, -0.2) is 9.97 Å². The van der Waals surface area contributed by atoms with Gasteiger partial charge in [-0.2, -0.15) is 13.2 Å². The summed E-state index contributed by atoms with van der Waals surface area (Å²) in [7, 11) is 0. The Hall–Kier alpha value is -2.72. The van der Waals surface area contributed by atoms with Crippen molar-refractivity contribution < 1.29 is 27.4 Å². The molecular weight excluding hydrogens is 389 g/mol. The molecule has 10 heteroatoms. The molecule has 2 heterocycles. The van der Waals surface area contributed by atoms with E-state index >= 15 is 0 Å². The summed E-state index contributed by atoms with van der Waals surface area (Å²) in [4.78, 5) is 20.1. The lowest BCUT2D eigenvalue weighted by Gasteiger charge is -2.20. The van der Waals surface area contributed by atoms with Crippen LogP contribution in [0.5, 0.6) is 0 Å². The third-order valence-corrected chi connectivity index (χ3v) is 4.53. The first-order valence-corrected chi connectivity index (χ1v) is 8.95. The number of alkyl halides is 3. The highest BCUT2D eigenvalue weighted by Gasteiger charge is 2.33. The summed E-state index contributed by atoms with van der Waals surface area (Å²) in [5, 5.41) is 3.05. The molecule has 3 N–H and O–H groups in total. The number of nitrogens with zero attached hydrogens (tertiary/aromatic N) is 2. The Labute approximate surface area is 165 Å². The maximum atomic E-state index is 13.2. The average molecular weight is 410 g/mol. The van der Waals surface area contributed by atoms with Gasteiger partial charge >= 0.3 is 6.18 Å². The fourth-order valence-electron chi connectivity index (χ4n) is 3.21. The molecule has 0 aliphatic carbocycles. The van der Waals surface area contributed by atoms with E-state index < -0.39 is 23.9 Å². The van der Waals surface area contributed by atoms with Crippen molar-refractivity contribution in [3.63, 3.8) is 0 Å². The molecule has 0 unspecified atom stereocenters. The van der Waals surface area contributed by atoms with E-state index in [4.69, 9.17) is 15.2 Å².